The van der Waals surface area contributed by atoms with Gasteiger partial charge in [0.15, 0.2) is 11.5 Å². The van der Waals surface area contributed by atoms with Gasteiger partial charge in [0, 0.05) is 25.6 Å². The summed E-state index contributed by atoms with van der Waals surface area (Å²) in [4.78, 5) is 15.2. The highest BCUT2D eigenvalue weighted by Crippen LogP contribution is 2.45. The van der Waals surface area contributed by atoms with Gasteiger partial charge in [0.05, 0.1) is 20.8 Å². The first-order valence-corrected chi connectivity index (χ1v) is 12.3. The summed E-state index contributed by atoms with van der Waals surface area (Å²) in [7, 11) is 3.40. The molecule has 0 saturated carbocycles. The lowest BCUT2D eigenvalue weighted by Crippen LogP contribution is -2.47. The molecule has 3 heterocycles. The van der Waals surface area contributed by atoms with Crippen LogP contribution in [0.3, 0.4) is 0 Å². The Labute approximate surface area is 193 Å². The summed E-state index contributed by atoms with van der Waals surface area (Å²) in [6.07, 6.45) is 4.86. The molecule has 0 bridgehead atoms. The molecule has 178 valence electrons. The van der Waals surface area contributed by atoms with E-state index in [1.54, 1.807) is 14.2 Å². The van der Waals surface area contributed by atoms with Gasteiger partial charge >= 0.3 is 5.97 Å². The van der Waals surface area contributed by atoms with E-state index in [2.05, 4.69) is 36.2 Å². The van der Waals surface area contributed by atoms with Crippen LogP contribution in [0.15, 0.2) is 12.1 Å². The van der Waals surface area contributed by atoms with Crippen molar-refractivity contribution >= 4 is 5.97 Å². The summed E-state index contributed by atoms with van der Waals surface area (Å²) in [6, 6.07) is 4.67. The number of methoxy groups -OCH3 is 2. The molecule has 1 aromatic carbocycles. The minimum atomic E-state index is -0.0279. The first-order chi connectivity index (χ1) is 15.5. The van der Waals surface area contributed by atoms with Gasteiger partial charge in [-0.05, 0) is 85.7 Å². The number of fused-ring (bicyclic) bond motifs is 3. The van der Waals surface area contributed by atoms with Crippen molar-refractivity contribution in [2.24, 2.45) is 23.7 Å². The van der Waals surface area contributed by atoms with Crippen molar-refractivity contribution in [1.82, 2.24) is 10.2 Å². The van der Waals surface area contributed by atoms with E-state index in [-0.39, 0.29) is 5.97 Å². The van der Waals surface area contributed by atoms with Gasteiger partial charge in [0.1, 0.15) is 0 Å². The number of nitrogens with one attached hydrogen (secondary N) is 1. The summed E-state index contributed by atoms with van der Waals surface area (Å²) >= 11 is 0. The molecule has 0 amide bonds. The van der Waals surface area contributed by atoms with Crippen LogP contribution < -0.4 is 14.8 Å². The Kier molecular flexibility index (Phi) is 7.62. The van der Waals surface area contributed by atoms with Crippen molar-refractivity contribution in [2.45, 2.75) is 52.0 Å². The van der Waals surface area contributed by atoms with Crippen LogP contribution in [0.25, 0.3) is 0 Å². The van der Waals surface area contributed by atoms with Gasteiger partial charge in [-0.3, -0.25) is 9.69 Å². The molecule has 0 radical (unpaired) electrons. The van der Waals surface area contributed by atoms with Crippen LogP contribution >= 0.6 is 0 Å². The number of rotatable bonds is 8. The molecule has 4 atom stereocenters. The van der Waals surface area contributed by atoms with Gasteiger partial charge in [0.2, 0.25) is 0 Å². The van der Waals surface area contributed by atoms with Gasteiger partial charge in [-0.1, -0.05) is 13.8 Å². The second-order valence-electron chi connectivity index (χ2n) is 10.3. The summed E-state index contributed by atoms with van der Waals surface area (Å²) in [5, 5.41) is 3.34. The van der Waals surface area contributed by atoms with E-state index in [0.717, 1.165) is 56.9 Å². The Hall–Kier alpha value is -1.79. The first kappa shape index (κ1) is 23.4. The topological polar surface area (TPSA) is 60.0 Å². The lowest BCUT2D eigenvalue weighted by molar-refractivity contribution is -0.147. The zero-order chi connectivity index (χ0) is 22.7. The molecule has 32 heavy (non-hydrogen) atoms. The van der Waals surface area contributed by atoms with Crippen LogP contribution in [0.1, 0.15) is 56.7 Å². The number of hydrogen-bond donors (Lipinski definition) is 1. The SMILES string of the molecule is COc1cc2c(cc1OC)C1CC(COC(=O)C[C@H]3CCNC3)C(CC(C)C)CN1CC2. The third-order valence-electron chi connectivity index (χ3n) is 7.63. The predicted octanol–water partition coefficient (Wildman–Crippen LogP) is 3.83. The van der Waals surface area contributed by atoms with Crippen LogP contribution in [0.5, 0.6) is 11.5 Å². The van der Waals surface area contributed by atoms with Crippen molar-refractivity contribution in [3.05, 3.63) is 23.3 Å². The highest BCUT2D eigenvalue weighted by molar-refractivity contribution is 5.69. The average Bonchev–Trinajstić information content (AvgIpc) is 3.29. The predicted molar refractivity (Wildman–Crippen MR) is 125 cm³/mol. The molecule has 4 rings (SSSR count). The minimum Gasteiger partial charge on any atom is -0.493 e. The van der Waals surface area contributed by atoms with E-state index < -0.39 is 0 Å². The van der Waals surface area contributed by atoms with Gasteiger partial charge in [-0.2, -0.15) is 0 Å². The molecule has 0 spiro atoms. The highest BCUT2D eigenvalue weighted by atomic mass is 16.5. The molecule has 6 nitrogen and oxygen atoms in total. The van der Waals surface area contributed by atoms with Gasteiger partial charge in [-0.15, -0.1) is 0 Å². The summed E-state index contributed by atoms with van der Waals surface area (Å²) in [6.45, 7) is 9.24. The van der Waals surface area contributed by atoms with Crippen molar-refractivity contribution < 1.29 is 19.0 Å². The Morgan fingerprint density at radius 3 is 2.66 bits per heavy atom. The number of piperidine rings is 1. The largest absolute Gasteiger partial charge is 0.493 e. The lowest BCUT2D eigenvalue weighted by Gasteiger charge is -2.47. The second kappa shape index (κ2) is 10.4. The third kappa shape index (κ3) is 5.23. The van der Waals surface area contributed by atoms with Gasteiger partial charge in [0.25, 0.3) is 0 Å². The average molecular weight is 445 g/mol. The molecule has 2 saturated heterocycles. The van der Waals surface area contributed by atoms with E-state index in [1.807, 2.05) is 0 Å². The maximum absolute atomic E-state index is 12.5. The molecule has 3 unspecified atom stereocenters. The minimum absolute atomic E-state index is 0.0279. The Morgan fingerprint density at radius 2 is 1.97 bits per heavy atom. The molecule has 1 N–H and O–H groups in total. The molecule has 3 aliphatic rings. The van der Waals surface area contributed by atoms with Crippen molar-refractivity contribution in [1.29, 1.82) is 0 Å². The quantitative estimate of drug-likeness (QED) is 0.615. The maximum Gasteiger partial charge on any atom is 0.306 e. The molecule has 6 heteroatoms. The second-order valence-corrected chi connectivity index (χ2v) is 10.3. The molecular formula is C26H40N2O4. The number of benzene rings is 1. The van der Waals surface area contributed by atoms with Crippen LogP contribution in [-0.4, -0.2) is 57.9 Å². The lowest BCUT2D eigenvalue weighted by atomic mass is 9.74. The van der Waals surface area contributed by atoms with Crippen molar-refractivity contribution in [3.63, 3.8) is 0 Å². The molecule has 2 fully saturated rings. The van der Waals surface area contributed by atoms with E-state index in [9.17, 15) is 4.79 Å². The number of ether oxygens (including phenoxy) is 3. The fourth-order valence-electron chi connectivity index (χ4n) is 5.96. The normalized spacial score (nSPS) is 27.7. The summed E-state index contributed by atoms with van der Waals surface area (Å²) in [5.74, 6) is 3.60. The number of nitrogens with zero attached hydrogens (tertiary/aromatic N) is 1. The number of esters is 1. The number of hydrogen-bond acceptors (Lipinski definition) is 6. The van der Waals surface area contributed by atoms with Crippen LogP contribution in [-0.2, 0) is 16.0 Å². The van der Waals surface area contributed by atoms with Gasteiger partial charge < -0.3 is 19.5 Å². The monoisotopic (exact) mass is 444 g/mol. The fraction of sp³-hybridized carbons (Fsp3) is 0.731. The van der Waals surface area contributed by atoms with Crippen LogP contribution in [0, 0.1) is 23.7 Å². The molecule has 3 aliphatic heterocycles. The smallest absolute Gasteiger partial charge is 0.306 e. The number of carbonyl (C=O) groups excluding carboxylic acids is 1. The molecule has 1 aromatic rings. The van der Waals surface area contributed by atoms with E-state index in [0.29, 0.717) is 42.7 Å². The molecule has 0 aliphatic carbocycles. The van der Waals surface area contributed by atoms with Crippen molar-refractivity contribution in [3.8, 4) is 11.5 Å². The van der Waals surface area contributed by atoms with Crippen molar-refractivity contribution in [2.75, 3.05) is 47.0 Å². The maximum atomic E-state index is 12.5. The third-order valence-corrected chi connectivity index (χ3v) is 7.63. The zero-order valence-corrected chi connectivity index (χ0v) is 20.2. The standard InChI is InChI=1S/C26H40N2O4/c1-17(2)9-20-15-28-8-6-19-12-24(30-3)25(31-4)13-22(19)23(28)11-21(20)16-32-26(29)10-18-5-7-27-14-18/h12-13,17-18,20-21,23,27H,5-11,14-16H2,1-4H3/t18-,20?,21?,23?/m1/s1. The molecule has 0 aromatic heterocycles. The zero-order valence-electron chi connectivity index (χ0n) is 20.2. The van der Waals surface area contributed by atoms with E-state index in [4.69, 9.17) is 14.2 Å². The highest BCUT2D eigenvalue weighted by Gasteiger charge is 2.40. The Bertz CT molecular complexity index is 790. The fourth-order valence-corrected chi connectivity index (χ4v) is 5.96. The Balaban J connectivity index is 1.48. The van der Waals surface area contributed by atoms with Crippen LogP contribution in [0.4, 0.5) is 0 Å². The van der Waals surface area contributed by atoms with Gasteiger partial charge in [-0.25, -0.2) is 0 Å². The Morgan fingerprint density at radius 1 is 1.19 bits per heavy atom. The van der Waals surface area contributed by atoms with Crippen LogP contribution in [0.2, 0.25) is 0 Å². The molecular weight excluding hydrogens is 404 g/mol. The van der Waals surface area contributed by atoms with E-state index >= 15 is 0 Å². The first-order valence-electron chi connectivity index (χ1n) is 12.3. The summed E-state index contributed by atoms with van der Waals surface area (Å²) in [5.41, 5.74) is 2.71. The number of carbonyl (C=O) groups is 1. The summed E-state index contributed by atoms with van der Waals surface area (Å²) < 4.78 is 17.0. The van der Waals surface area contributed by atoms with E-state index in [1.165, 1.54) is 17.5 Å².